The molecule has 3 N–H and O–H groups in total. The summed E-state index contributed by atoms with van der Waals surface area (Å²) in [5.74, 6) is -0.860. The molecule has 25 heavy (non-hydrogen) atoms. The van der Waals surface area contributed by atoms with Gasteiger partial charge in [-0.2, -0.15) is 0 Å². The summed E-state index contributed by atoms with van der Waals surface area (Å²) in [5, 5.41) is 15.1. The fourth-order valence-corrected chi connectivity index (χ4v) is 3.83. The van der Waals surface area contributed by atoms with E-state index in [2.05, 4.69) is 10.6 Å². The van der Waals surface area contributed by atoms with Gasteiger partial charge in [0.25, 0.3) is 0 Å². The Balaban J connectivity index is 1.92. The predicted octanol–water partition coefficient (Wildman–Crippen LogP) is 1.97. The fourth-order valence-electron chi connectivity index (χ4n) is 3.83. The monoisotopic (exact) mass is 353 g/mol. The number of rotatable bonds is 6. The molecule has 0 spiro atoms. The van der Waals surface area contributed by atoms with Gasteiger partial charge in [-0.25, -0.2) is 4.79 Å². The van der Waals surface area contributed by atoms with E-state index in [0.717, 1.165) is 38.5 Å². The highest BCUT2D eigenvalue weighted by atomic mass is 16.4. The van der Waals surface area contributed by atoms with Crippen molar-refractivity contribution in [2.75, 3.05) is 19.6 Å². The molecular weight excluding hydrogens is 322 g/mol. The zero-order valence-corrected chi connectivity index (χ0v) is 15.3. The molecule has 142 valence electrons. The van der Waals surface area contributed by atoms with Crippen molar-refractivity contribution in [3.63, 3.8) is 0 Å². The first-order valence-electron chi connectivity index (χ1n) is 9.38. The molecule has 1 aliphatic heterocycles. The molecule has 1 saturated heterocycles. The minimum Gasteiger partial charge on any atom is -0.481 e. The van der Waals surface area contributed by atoms with Crippen LogP contribution in [-0.4, -0.2) is 53.1 Å². The third-order valence-electron chi connectivity index (χ3n) is 5.18. The molecule has 0 aromatic carbocycles. The van der Waals surface area contributed by atoms with Crippen LogP contribution in [0.1, 0.15) is 58.8 Å². The quantitative estimate of drug-likeness (QED) is 0.680. The van der Waals surface area contributed by atoms with E-state index < -0.39 is 11.5 Å². The Morgan fingerprint density at radius 1 is 1.20 bits per heavy atom. The summed E-state index contributed by atoms with van der Waals surface area (Å²) in [6.07, 6.45) is 4.84. The molecule has 0 bridgehead atoms. The number of hydrogen-bond acceptors (Lipinski definition) is 3. The van der Waals surface area contributed by atoms with Gasteiger partial charge in [-0.3, -0.25) is 9.59 Å². The summed E-state index contributed by atoms with van der Waals surface area (Å²) in [6.45, 7) is 5.76. The summed E-state index contributed by atoms with van der Waals surface area (Å²) in [6, 6.07) is -0.118. The first kappa shape index (κ1) is 19.5. The molecular formula is C18H31N3O4. The van der Waals surface area contributed by atoms with Crippen molar-refractivity contribution in [3.8, 4) is 0 Å². The van der Waals surface area contributed by atoms with Crippen molar-refractivity contribution >= 4 is 17.9 Å². The minimum atomic E-state index is -0.875. The lowest BCUT2D eigenvalue weighted by Crippen LogP contribution is -2.54. The number of carboxylic acids is 1. The topological polar surface area (TPSA) is 98.7 Å². The van der Waals surface area contributed by atoms with Crippen LogP contribution < -0.4 is 10.6 Å². The van der Waals surface area contributed by atoms with E-state index in [4.69, 9.17) is 5.11 Å². The van der Waals surface area contributed by atoms with Crippen LogP contribution in [0.15, 0.2) is 0 Å². The van der Waals surface area contributed by atoms with Gasteiger partial charge >= 0.3 is 12.0 Å². The number of piperidine rings is 1. The second-order valence-corrected chi connectivity index (χ2v) is 7.91. The van der Waals surface area contributed by atoms with Gasteiger partial charge in [0.1, 0.15) is 0 Å². The molecule has 7 nitrogen and oxygen atoms in total. The number of hydrogen-bond donors (Lipinski definition) is 3. The SMILES string of the molecule is CC(C)CNC(=O)N1CCCC(C(=O)NC2(CC(=O)O)CCCC2)C1. The van der Waals surface area contributed by atoms with Gasteiger partial charge in [0.05, 0.1) is 17.9 Å². The Morgan fingerprint density at radius 2 is 1.88 bits per heavy atom. The van der Waals surface area contributed by atoms with Crippen molar-refractivity contribution in [1.82, 2.24) is 15.5 Å². The zero-order valence-electron chi connectivity index (χ0n) is 15.3. The summed E-state index contributed by atoms with van der Waals surface area (Å²) < 4.78 is 0. The summed E-state index contributed by atoms with van der Waals surface area (Å²) in [5.41, 5.74) is -0.606. The van der Waals surface area contributed by atoms with Crippen molar-refractivity contribution < 1.29 is 19.5 Å². The van der Waals surface area contributed by atoms with Crippen molar-refractivity contribution in [2.45, 2.75) is 64.3 Å². The summed E-state index contributed by atoms with van der Waals surface area (Å²) >= 11 is 0. The van der Waals surface area contributed by atoms with Crippen molar-refractivity contribution in [1.29, 1.82) is 0 Å². The number of aliphatic carboxylic acids is 1. The molecule has 0 radical (unpaired) electrons. The van der Waals surface area contributed by atoms with Crippen LogP contribution in [0.25, 0.3) is 0 Å². The van der Waals surface area contributed by atoms with Gasteiger partial charge < -0.3 is 20.6 Å². The molecule has 1 heterocycles. The smallest absolute Gasteiger partial charge is 0.317 e. The van der Waals surface area contributed by atoms with Gasteiger partial charge in [0.15, 0.2) is 0 Å². The Hall–Kier alpha value is -1.79. The van der Waals surface area contributed by atoms with Gasteiger partial charge in [-0.15, -0.1) is 0 Å². The first-order valence-corrected chi connectivity index (χ1v) is 9.38. The van der Waals surface area contributed by atoms with E-state index in [-0.39, 0.29) is 24.3 Å². The zero-order chi connectivity index (χ0) is 18.4. The number of nitrogens with zero attached hydrogens (tertiary/aromatic N) is 1. The predicted molar refractivity (Wildman–Crippen MR) is 94.1 cm³/mol. The third-order valence-corrected chi connectivity index (χ3v) is 5.18. The van der Waals surface area contributed by atoms with E-state index in [1.165, 1.54) is 0 Å². The second kappa shape index (κ2) is 8.54. The molecule has 2 aliphatic rings. The minimum absolute atomic E-state index is 0.0238. The number of urea groups is 1. The second-order valence-electron chi connectivity index (χ2n) is 7.91. The molecule has 2 rings (SSSR count). The van der Waals surface area contributed by atoms with Crippen LogP contribution in [0.3, 0.4) is 0 Å². The lowest BCUT2D eigenvalue weighted by molar-refractivity contribution is -0.139. The molecule has 1 unspecified atom stereocenters. The van der Waals surface area contributed by atoms with Crippen LogP contribution in [0, 0.1) is 11.8 Å². The highest BCUT2D eigenvalue weighted by Crippen LogP contribution is 2.33. The third kappa shape index (κ3) is 5.61. The van der Waals surface area contributed by atoms with E-state index in [9.17, 15) is 14.4 Å². The summed E-state index contributed by atoms with van der Waals surface area (Å²) in [7, 11) is 0. The first-order chi connectivity index (χ1) is 11.8. The van der Waals surface area contributed by atoms with Crippen LogP contribution in [0.4, 0.5) is 4.79 Å². The van der Waals surface area contributed by atoms with Gasteiger partial charge in [0, 0.05) is 19.6 Å². The van der Waals surface area contributed by atoms with Crippen LogP contribution in [0.2, 0.25) is 0 Å². The fraction of sp³-hybridized carbons (Fsp3) is 0.833. The van der Waals surface area contributed by atoms with Gasteiger partial charge in [-0.1, -0.05) is 26.7 Å². The number of carbonyl (C=O) groups is 3. The molecule has 3 amide bonds. The molecule has 0 aromatic rings. The molecule has 0 aromatic heterocycles. The van der Waals surface area contributed by atoms with E-state index in [1.807, 2.05) is 13.8 Å². The Labute approximate surface area is 149 Å². The van der Waals surface area contributed by atoms with E-state index in [0.29, 0.717) is 25.6 Å². The Kier molecular flexibility index (Phi) is 6.67. The number of likely N-dealkylation sites (tertiary alicyclic amines) is 1. The van der Waals surface area contributed by atoms with Crippen molar-refractivity contribution in [2.24, 2.45) is 11.8 Å². The normalized spacial score (nSPS) is 22.7. The van der Waals surface area contributed by atoms with Gasteiger partial charge in [0.2, 0.25) is 5.91 Å². The summed E-state index contributed by atoms with van der Waals surface area (Å²) in [4.78, 5) is 37.8. The molecule has 1 aliphatic carbocycles. The van der Waals surface area contributed by atoms with E-state index >= 15 is 0 Å². The van der Waals surface area contributed by atoms with E-state index in [1.54, 1.807) is 4.90 Å². The largest absolute Gasteiger partial charge is 0.481 e. The average Bonchev–Trinajstić information content (AvgIpc) is 2.99. The van der Waals surface area contributed by atoms with Crippen LogP contribution in [0.5, 0.6) is 0 Å². The Bertz CT molecular complexity index is 501. The average molecular weight is 353 g/mol. The molecule has 7 heteroatoms. The highest BCUT2D eigenvalue weighted by molar-refractivity contribution is 5.82. The Morgan fingerprint density at radius 3 is 2.48 bits per heavy atom. The lowest BCUT2D eigenvalue weighted by Gasteiger charge is -2.35. The van der Waals surface area contributed by atoms with Crippen molar-refractivity contribution in [3.05, 3.63) is 0 Å². The molecule has 1 saturated carbocycles. The van der Waals surface area contributed by atoms with Gasteiger partial charge in [-0.05, 0) is 31.6 Å². The number of nitrogens with one attached hydrogen (secondary N) is 2. The maximum absolute atomic E-state index is 12.7. The number of amides is 3. The van der Waals surface area contributed by atoms with Crippen LogP contribution >= 0.6 is 0 Å². The molecule has 1 atom stereocenters. The number of carboxylic acid groups (broad SMARTS) is 1. The standard InChI is InChI=1S/C18H31N3O4/c1-13(2)11-19-17(25)21-9-5-6-14(12-21)16(24)20-18(10-15(22)23)7-3-4-8-18/h13-14H,3-12H2,1-2H3,(H,19,25)(H,20,24)(H,22,23). The molecule has 2 fully saturated rings. The maximum atomic E-state index is 12.7. The lowest BCUT2D eigenvalue weighted by atomic mass is 9.90. The number of carbonyl (C=O) groups excluding carboxylic acids is 2. The highest BCUT2D eigenvalue weighted by Gasteiger charge is 2.39. The van der Waals surface area contributed by atoms with Crippen LogP contribution in [-0.2, 0) is 9.59 Å². The maximum Gasteiger partial charge on any atom is 0.317 e.